The van der Waals surface area contributed by atoms with Gasteiger partial charge in [-0.2, -0.15) is 0 Å². The molecule has 0 saturated carbocycles. The number of ether oxygens (including phenoxy) is 1. The van der Waals surface area contributed by atoms with E-state index in [4.69, 9.17) is 16.3 Å². The van der Waals surface area contributed by atoms with E-state index in [1.807, 2.05) is 66.9 Å². The molecule has 6 nitrogen and oxygen atoms in total. The average molecular weight is 493 g/mol. The molecule has 3 aromatic carbocycles. The second-order valence-electron chi connectivity index (χ2n) is 8.88. The third-order valence-corrected chi connectivity index (χ3v) is 6.33. The van der Waals surface area contributed by atoms with Crippen LogP contribution in [0.4, 0.5) is 0 Å². The number of unbranched alkanes of at least 4 members (excludes halogenated alkanes) is 1. The van der Waals surface area contributed by atoms with Gasteiger partial charge in [0.05, 0.1) is 24.0 Å². The number of aromatic nitrogens is 2. The van der Waals surface area contributed by atoms with Crippen LogP contribution in [0.3, 0.4) is 0 Å². The van der Waals surface area contributed by atoms with Crippen LogP contribution < -0.4 is 15.6 Å². The number of imidazole rings is 1. The first-order valence-corrected chi connectivity index (χ1v) is 12.3. The summed E-state index contributed by atoms with van der Waals surface area (Å²) in [7, 11) is 0. The third-order valence-electron chi connectivity index (χ3n) is 6.03. The van der Waals surface area contributed by atoms with E-state index in [1.54, 1.807) is 0 Å². The van der Waals surface area contributed by atoms with Crippen molar-refractivity contribution >= 4 is 11.6 Å². The molecule has 182 valence electrons. The Labute approximate surface area is 209 Å². The van der Waals surface area contributed by atoms with Gasteiger partial charge in [-0.25, -0.2) is 4.98 Å². The highest BCUT2D eigenvalue weighted by Crippen LogP contribution is 2.35. The van der Waals surface area contributed by atoms with Gasteiger partial charge < -0.3 is 14.4 Å². The highest BCUT2D eigenvalue weighted by molar-refractivity contribution is 6.30. The van der Waals surface area contributed by atoms with E-state index < -0.39 is 10.9 Å². The Hall–Kier alpha value is -3.22. The number of aliphatic hydroxyl groups excluding tert-OH is 1. The van der Waals surface area contributed by atoms with Crippen molar-refractivity contribution in [3.8, 4) is 28.0 Å². The first kappa shape index (κ1) is 24.9. The molecule has 0 spiro atoms. The Morgan fingerprint density at radius 1 is 1.03 bits per heavy atom. The first-order chi connectivity index (χ1) is 16.8. The maximum Gasteiger partial charge on any atom is 0.268 e. The first-order valence-electron chi connectivity index (χ1n) is 11.9. The molecule has 1 aromatic heterocycles. The van der Waals surface area contributed by atoms with E-state index >= 15 is 0 Å². The molecule has 0 bridgehead atoms. The molecule has 0 fully saturated rings. The Morgan fingerprint density at radius 2 is 1.71 bits per heavy atom. The van der Waals surface area contributed by atoms with Crippen molar-refractivity contribution in [3.63, 3.8) is 0 Å². The molecular formula is C28H29ClN2O4. The highest BCUT2D eigenvalue weighted by Gasteiger charge is 2.26. The molecular weight excluding hydrogens is 464 g/mol. The predicted octanol–water partition coefficient (Wildman–Crippen LogP) is 5.14. The maximum atomic E-state index is 12.4. The van der Waals surface area contributed by atoms with Gasteiger partial charge in [0.25, 0.3) is 5.43 Å². The van der Waals surface area contributed by atoms with Crippen molar-refractivity contribution in [2.75, 3.05) is 0 Å². The van der Waals surface area contributed by atoms with Gasteiger partial charge in [0.2, 0.25) is 5.43 Å². The number of hydrogen-bond donors (Lipinski definition) is 1. The van der Waals surface area contributed by atoms with E-state index in [2.05, 4.69) is 11.9 Å². The van der Waals surface area contributed by atoms with Gasteiger partial charge in [0.15, 0.2) is 10.9 Å². The average Bonchev–Trinajstić information content (AvgIpc) is 3.16. The molecule has 1 heterocycles. The van der Waals surface area contributed by atoms with Gasteiger partial charge in [-0.05, 0) is 42.5 Å². The van der Waals surface area contributed by atoms with Crippen molar-refractivity contribution < 1.29 is 9.84 Å². The molecule has 0 aliphatic rings. The lowest BCUT2D eigenvalue weighted by atomic mass is 9.91. The Kier molecular flexibility index (Phi) is 7.53. The minimum Gasteiger partial charge on any atom is -0.486 e. The number of aliphatic hydroxyl groups is 1. The Bertz CT molecular complexity index is 1400. The fourth-order valence-electron chi connectivity index (χ4n) is 4.26. The van der Waals surface area contributed by atoms with E-state index in [-0.39, 0.29) is 18.5 Å². The lowest BCUT2D eigenvalue weighted by Gasteiger charge is -2.18. The highest BCUT2D eigenvalue weighted by atomic mass is 35.5. The van der Waals surface area contributed by atoms with Gasteiger partial charge in [0, 0.05) is 13.0 Å². The minimum atomic E-state index is -0.573. The number of rotatable bonds is 10. The van der Waals surface area contributed by atoms with Gasteiger partial charge in [-0.1, -0.05) is 73.5 Å². The Morgan fingerprint density at radius 3 is 2.34 bits per heavy atom. The van der Waals surface area contributed by atoms with Crippen LogP contribution in [0.1, 0.15) is 50.7 Å². The van der Waals surface area contributed by atoms with E-state index in [1.165, 1.54) is 0 Å². The molecule has 35 heavy (non-hydrogen) atoms. The number of nitrogens with zero attached hydrogens (tertiary/aromatic N) is 2. The fourth-order valence-corrected chi connectivity index (χ4v) is 4.52. The monoisotopic (exact) mass is 492 g/mol. The van der Waals surface area contributed by atoms with Crippen LogP contribution in [0.15, 0.2) is 58.1 Å². The molecule has 0 unspecified atom stereocenters. The maximum absolute atomic E-state index is 12.4. The van der Waals surface area contributed by atoms with E-state index in [0.29, 0.717) is 28.5 Å². The standard InChI is InChI=1S/C28H29ClN2O4/c1-4-5-10-23-30-28(29)22(16-32)31(23)15-18-11-13-19(14-12-18)20-8-6-7-9-21(20)24-25(33)26(34)27(24)35-17(2)3/h6-9,11-14,17,32H,4-5,10,15-16H2,1-3H3. The smallest absolute Gasteiger partial charge is 0.268 e. The number of benzene rings is 2. The molecule has 7 heteroatoms. The van der Waals surface area contributed by atoms with Crippen LogP contribution in [-0.4, -0.2) is 20.8 Å². The van der Waals surface area contributed by atoms with Gasteiger partial charge in [-0.3, -0.25) is 9.59 Å². The largest absolute Gasteiger partial charge is 0.486 e. The molecule has 4 aromatic rings. The van der Waals surface area contributed by atoms with Crippen LogP contribution >= 0.6 is 11.6 Å². The van der Waals surface area contributed by atoms with Crippen molar-refractivity contribution in [3.05, 3.63) is 91.2 Å². The summed E-state index contributed by atoms with van der Waals surface area (Å²) < 4.78 is 7.63. The zero-order valence-corrected chi connectivity index (χ0v) is 20.9. The lowest BCUT2D eigenvalue weighted by molar-refractivity contribution is 0.238. The normalized spacial score (nSPS) is 11.5. The minimum absolute atomic E-state index is 0.141. The molecule has 0 aliphatic heterocycles. The van der Waals surface area contributed by atoms with Crippen molar-refractivity contribution in [2.45, 2.75) is 59.3 Å². The molecule has 0 aliphatic carbocycles. The summed E-state index contributed by atoms with van der Waals surface area (Å²) in [5.74, 6) is 1.01. The van der Waals surface area contributed by atoms with Crippen molar-refractivity contribution in [2.24, 2.45) is 0 Å². The summed E-state index contributed by atoms with van der Waals surface area (Å²) in [6.45, 7) is 6.15. The lowest BCUT2D eigenvalue weighted by Crippen LogP contribution is -2.35. The Balaban J connectivity index is 1.66. The molecule has 0 atom stereocenters. The van der Waals surface area contributed by atoms with Crippen LogP contribution in [0.25, 0.3) is 22.3 Å². The summed E-state index contributed by atoms with van der Waals surface area (Å²) in [5, 5.41) is 10.2. The van der Waals surface area contributed by atoms with Gasteiger partial charge in [0.1, 0.15) is 5.82 Å². The quantitative estimate of drug-likeness (QED) is 0.310. The summed E-state index contributed by atoms with van der Waals surface area (Å²) in [4.78, 5) is 29.0. The van der Waals surface area contributed by atoms with Gasteiger partial charge >= 0.3 is 0 Å². The molecule has 1 N–H and O–H groups in total. The number of hydrogen-bond acceptors (Lipinski definition) is 5. The predicted molar refractivity (Wildman–Crippen MR) is 139 cm³/mol. The SMILES string of the molecule is CCCCc1nc(Cl)c(CO)n1Cc1ccc(-c2ccccc2-c2c(OC(C)C)c(=O)c2=O)cc1. The van der Waals surface area contributed by atoms with Crippen molar-refractivity contribution in [1.29, 1.82) is 0 Å². The van der Waals surface area contributed by atoms with Gasteiger partial charge in [-0.15, -0.1) is 0 Å². The molecule has 0 radical (unpaired) electrons. The summed E-state index contributed by atoms with van der Waals surface area (Å²) in [6.07, 6.45) is 2.63. The summed E-state index contributed by atoms with van der Waals surface area (Å²) >= 11 is 6.27. The summed E-state index contributed by atoms with van der Waals surface area (Å²) in [6, 6.07) is 15.5. The second kappa shape index (κ2) is 10.6. The summed E-state index contributed by atoms with van der Waals surface area (Å²) in [5.41, 5.74) is 3.36. The van der Waals surface area contributed by atoms with Crippen LogP contribution in [-0.2, 0) is 19.6 Å². The van der Waals surface area contributed by atoms with Crippen molar-refractivity contribution in [1.82, 2.24) is 9.55 Å². The van der Waals surface area contributed by atoms with Crippen LogP contribution in [0.5, 0.6) is 5.75 Å². The second-order valence-corrected chi connectivity index (χ2v) is 9.24. The third kappa shape index (κ3) is 4.95. The molecule has 0 amide bonds. The zero-order chi connectivity index (χ0) is 25.1. The van der Waals surface area contributed by atoms with Crippen LogP contribution in [0, 0.1) is 0 Å². The zero-order valence-electron chi connectivity index (χ0n) is 20.2. The van der Waals surface area contributed by atoms with E-state index in [0.717, 1.165) is 41.8 Å². The number of halogens is 1. The number of aryl methyl sites for hydroxylation is 1. The fraction of sp³-hybridized carbons (Fsp3) is 0.321. The topological polar surface area (TPSA) is 81.4 Å². The molecule has 0 saturated heterocycles. The van der Waals surface area contributed by atoms with Crippen LogP contribution in [0.2, 0.25) is 5.15 Å². The van der Waals surface area contributed by atoms with E-state index in [9.17, 15) is 14.7 Å². The molecule has 4 rings (SSSR count).